The average Bonchev–Trinajstić information content (AvgIpc) is 2.50. The molecule has 0 heterocycles. The van der Waals surface area contributed by atoms with Gasteiger partial charge in [0, 0.05) is 18.7 Å². The molecular weight excluding hydrogens is 295 g/mol. The van der Waals surface area contributed by atoms with Crippen LogP contribution in [0, 0.1) is 5.82 Å². The second-order valence-corrected chi connectivity index (χ2v) is 4.56. The molecule has 1 N–H and O–H groups in total. The number of hydrogen-bond donors (Lipinski definition) is 1. The summed E-state index contributed by atoms with van der Waals surface area (Å²) in [5, 5.41) is 3.09. The minimum absolute atomic E-state index is 0.0182. The van der Waals surface area contributed by atoms with Gasteiger partial charge in [-0.15, -0.1) is 0 Å². The van der Waals surface area contributed by atoms with Gasteiger partial charge < -0.3 is 14.8 Å². The number of nitrogens with one attached hydrogen (secondary N) is 1. The van der Waals surface area contributed by atoms with E-state index in [0.29, 0.717) is 18.7 Å². The molecule has 0 atom stereocenters. The fourth-order valence-electron chi connectivity index (χ4n) is 2.00. The molecule has 6 heteroatoms. The van der Waals surface area contributed by atoms with Crippen LogP contribution in [0.5, 0.6) is 11.5 Å². The smallest absolute Gasteiger partial charge is 0.387 e. The van der Waals surface area contributed by atoms with Gasteiger partial charge in [0.25, 0.3) is 0 Å². The third-order valence-corrected chi connectivity index (χ3v) is 3.05. The van der Waals surface area contributed by atoms with Crippen molar-refractivity contribution >= 4 is 0 Å². The van der Waals surface area contributed by atoms with Gasteiger partial charge in [-0.25, -0.2) is 4.39 Å². The van der Waals surface area contributed by atoms with Crippen molar-refractivity contribution in [3.63, 3.8) is 0 Å². The van der Waals surface area contributed by atoms with Gasteiger partial charge in [0.05, 0.1) is 7.11 Å². The van der Waals surface area contributed by atoms with Gasteiger partial charge in [-0.1, -0.05) is 24.3 Å². The maximum absolute atomic E-state index is 13.5. The summed E-state index contributed by atoms with van der Waals surface area (Å²) in [5.74, 6) is -0.0610. The van der Waals surface area contributed by atoms with Crippen LogP contribution in [0.15, 0.2) is 42.5 Å². The van der Waals surface area contributed by atoms with Gasteiger partial charge in [-0.3, -0.25) is 0 Å². The lowest BCUT2D eigenvalue weighted by Crippen LogP contribution is -2.14. The summed E-state index contributed by atoms with van der Waals surface area (Å²) in [5.41, 5.74) is 1.38. The lowest BCUT2D eigenvalue weighted by molar-refractivity contribution is -0.0512. The van der Waals surface area contributed by atoms with E-state index in [9.17, 15) is 13.2 Å². The van der Waals surface area contributed by atoms with Crippen LogP contribution in [0.3, 0.4) is 0 Å². The third-order valence-electron chi connectivity index (χ3n) is 3.05. The number of benzene rings is 2. The predicted molar refractivity (Wildman–Crippen MR) is 76.6 cm³/mol. The van der Waals surface area contributed by atoms with Crippen LogP contribution in [0.4, 0.5) is 13.2 Å². The highest BCUT2D eigenvalue weighted by Crippen LogP contribution is 2.29. The largest absolute Gasteiger partial charge is 0.493 e. The second kappa shape index (κ2) is 7.70. The maximum atomic E-state index is 13.5. The molecule has 3 nitrogen and oxygen atoms in total. The molecule has 0 aliphatic rings. The topological polar surface area (TPSA) is 30.5 Å². The van der Waals surface area contributed by atoms with Crippen molar-refractivity contribution in [1.82, 2.24) is 5.32 Å². The molecule has 118 valence electrons. The number of ether oxygens (including phenoxy) is 2. The Morgan fingerprint density at radius 1 is 1.05 bits per heavy atom. The van der Waals surface area contributed by atoms with Crippen molar-refractivity contribution in [2.75, 3.05) is 7.11 Å². The summed E-state index contributed by atoms with van der Waals surface area (Å²) in [6, 6.07) is 11.2. The molecule has 0 amide bonds. The number of methoxy groups -OCH3 is 1. The zero-order valence-corrected chi connectivity index (χ0v) is 12.0. The van der Waals surface area contributed by atoms with E-state index in [-0.39, 0.29) is 17.3 Å². The van der Waals surface area contributed by atoms with Crippen LogP contribution in [0.2, 0.25) is 0 Å². The minimum atomic E-state index is -2.90. The standard InChI is InChI=1S/C16H16F3NO2/c1-21-15-8-11(6-7-14(15)22-16(18)19)9-20-10-12-4-2-3-5-13(12)17/h2-8,16,20H,9-10H2,1H3. The first-order valence-electron chi connectivity index (χ1n) is 6.66. The van der Waals surface area contributed by atoms with Crippen LogP contribution >= 0.6 is 0 Å². The first-order chi connectivity index (χ1) is 10.6. The van der Waals surface area contributed by atoms with Crippen molar-refractivity contribution in [2.45, 2.75) is 19.7 Å². The Bertz CT molecular complexity index is 620. The Balaban J connectivity index is 1.97. The number of rotatable bonds is 7. The molecule has 0 spiro atoms. The zero-order chi connectivity index (χ0) is 15.9. The van der Waals surface area contributed by atoms with Crippen molar-refractivity contribution in [1.29, 1.82) is 0 Å². The second-order valence-electron chi connectivity index (χ2n) is 4.56. The summed E-state index contributed by atoms with van der Waals surface area (Å²) in [6.45, 7) is -2.09. The molecule has 0 unspecified atom stereocenters. The summed E-state index contributed by atoms with van der Waals surface area (Å²) in [6.07, 6.45) is 0. The maximum Gasteiger partial charge on any atom is 0.387 e. The van der Waals surface area contributed by atoms with E-state index in [2.05, 4.69) is 10.1 Å². The van der Waals surface area contributed by atoms with Crippen molar-refractivity contribution in [3.8, 4) is 11.5 Å². The zero-order valence-electron chi connectivity index (χ0n) is 12.0. The lowest BCUT2D eigenvalue weighted by atomic mass is 10.2. The molecule has 0 fully saturated rings. The monoisotopic (exact) mass is 311 g/mol. The molecule has 0 saturated carbocycles. The van der Waals surface area contributed by atoms with E-state index in [0.717, 1.165) is 5.56 Å². The predicted octanol–water partition coefficient (Wildman–Crippen LogP) is 3.73. The molecule has 0 aromatic heterocycles. The average molecular weight is 311 g/mol. The fraction of sp³-hybridized carbons (Fsp3) is 0.250. The molecule has 2 aromatic carbocycles. The molecule has 0 saturated heterocycles. The van der Waals surface area contributed by atoms with Gasteiger partial charge in [-0.05, 0) is 23.8 Å². The van der Waals surface area contributed by atoms with Crippen LogP contribution in [0.25, 0.3) is 0 Å². The highest BCUT2D eigenvalue weighted by Gasteiger charge is 2.11. The highest BCUT2D eigenvalue weighted by molar-refractivity contribution is 5.43. The SMILES string of the molecule is COc1cc(CNCc2ccccc2F)ccc1OC(F)F. The third kappa shape index (κ3) is 4.39. The first-order valence-corrected chi connectivity index (χ1v) is 6.66. The number of hydrogen-bond acceptors (Lipinski definition) is 3. The number of halogens is 3. The Kier molecular flexibility index (Phi) is 5.66. The van der Waals surface area contributed by atoms with E-state index >= 15 is 0 Å². The summed E-state index contributed by atoms with van der Waals surface area (Å²) in [4.78, 5) is 0. The molecule has 0 aliphatic carbocycles. The van der Waals surface area contributed by atoms with E-state index in [1.165, 1.54) is 19.2 Å². The van der Waals surface area contributed by atoms with E-state index in [4.69, 9.17) is 4.74 Å². The normalized spacial score (nSPS) is 10.8. The van der Waals surface area contributed by atoms with Gasteiger partial charge in [0.1, 0.15) is 5.82 Å². The van der Waals surface area contributed by atoms with Crippen molar-refractivity contribution < 1.29 is 22.6 Å². The molecule has 0 aliphatic heterocycles. The Morgan fingerprint density at radius 3 is 2.50 bits per heavy atom. The Labute approximate surface area is 126 Å². The van der Waals surface area contributed by atoms with Crippen molar-refractivity contribution in [3.05, 3.63) is 59.4 Å². The quantitative estimate of drug-likeness (QED) is 0.845. The number of alkyl halides is 2. The Hall–Kier alpha value is -2.21. The van der Waals surface area contributed by atoms with E-state index in [1.807, 2.05) is 0 Å². The van der Waals surface area contributed by atoms with E-state index in [1.54, 1.807) is 30.3 Å². The van der Waals surface area contributed by atoms with Crippen molar-refractivity contribution in [2.24, 2.45) is 0 Å². The van der Waals surface area contributed by atoms with Crippen LogP contribution < -0.4 is 14.8 Å². The molecule has 2 rings (SSSR count). The van der Waals surface area contributed by atoms with Gasteiger partial charge >= 0.3 is 6.61 Å². The summed E-state index contributed by atoms with van der Waals surface area (Å²) < 4.78 is 47.3. The fourth-order valence-corrected chi connectivity index (χ4v) is 2.00. The molecule has 22 heavy (non-hydrogen) atoms. The van der Waals surface area contributed by atoms with Crippen LogP contribution in [0.1, 0.15) is 11.1 Å². The van der Waals surface area contributed by atoms with Gasteiger partial charge in [0.2, 0.25) is 0 Å². The lowest BCUT2D eigenvalue weighted by Gasteiger charge is -2.12. The van der Waals surface area contributed by atoms with Gasteiger partial charge in [0.15, 0.2) is 11.5 Å². The molecule has 2 aromatic rings. The molecular formula is C16H16F3NO2. The van der Waals surface area contributed by atoms with E-state index < -0.39 is 6.61 Å². The first kappa shape index (κ1) is 16.2. The minimum Gasteiger partial charge on any atom is -0.493 e. The van der Waals surface area contributed by atoms with Gasteiger partial charge in [-0.2, -0.15) is 8.78 Å². The molecule has 0 bridgehead atoms. The molecule has 0 radical (unpaired) electrons. The summed E-state index contributed by atoms with van der Waals surface area (Å²) in [7, 11) is 1.38. The highest BCUT2D eigenvalue weighted by atomic mass is 19.3. The summed E-state index contributed by atoms with van der Waals surface area (Å²) >= 11 is 0. The van der Waals surface area contributed by atoms with Crippen LogP contribution in [-0.2, 0) is 13.1 Å². The Morgan fingerprint density at radius 2 is 1.82 bits per heavy atom. The van der Waals surface area contributed by atoms with Crippen LogP contribution in [-0.4, -0.2) is 13.7 Å².